The highest BCUT2D eigenvalue weighted by atomic mass is 16.6. The number of carbonyl (C=O) groups excluding carboxylic acids is 1. The Labute approximate surface area is 120 Å². The summed E-state index contributed by atoms with van der Waals surface area (Å²) in [6.45, 7) is 10.1. The van der Waals surface area contributed by atoms with Crippen molar-refractivity contribution in [2.45, 2.75) is 52.7 Å². The minimum atomic E-state index is -0.428. The topological polar surface area (TPSA) is 60.2 Å². The van der Waals surface area contributed by atoms with Gasteiger partial charge in [-0.1, -0.05) is 0 Å². The molecule has 2 rings (SSSR count). The zero-order valence-electron chi connectivity index (χ0n) is 12.8. The lowest BCUT2D eigenvalue weighted by molar-refractivity contribution is -0.160. The van der Waals surface area contributed by atoms with Crippen LogP contribution < -0.4 is 4.90 Å². The highest BCUT2D eigenvalue weighted by Gasteiger charge is 2.31. The predicted molar refractivity (Wildman–Crippen MR) is 76.5 cm³/mol. The maximum Gasteiger partial charge on any atom is 0.311 e. The third-order valence-electron chi connectivity index (χ3n) is 3.34. The number of carbonyl (C=O) groups is 1. The van der Waals surface area contributed by atoms with Crippen LogP contribution in [0.4, 0.5) is 5.95 Å². The van der Waals surface area contributed by atoms with E-state index in [1.807, 2.05) is 32.4 Å². The molecule has 0 bridgehead atoms. The molecule has 6 heteroatoms. The van der Waals surface area contributed by atoms with Crippen LogP contribution in [0.5, 0.6) is 0 Å². The molecule has 20 heavy (non-hydrogen) atoms. The number of hydrogen-bond acceptors (Lipinski definition) is 5. The van der Waals surface area contributed by atoms with Crippen molar-refractivity contribution in [3.63, 3.8) is 0 Å². The number of aromatic nitrogens is 3. The van der Waals surface area contributed by atoms with Gasteiger partial charge in [-0.25, -0.2) is 4.68 Å². The van der Waals surface area contributed by atoms with Crippen LogP contribution in [0.2, 0.25) is 0 Å². The Morgan fingerprint density at radius 2 is 2.25 bits per heavy atom. The average Bonchev–Trinajstić information content (AvgIpc) is 2.85. The highest BCUT2D eigenvalue weighted by Crippen LogP contribution is 2.23. The van der Waals surface area contributed by atoms with Crippen molar-refractivity contribution in [3.05, 3.63) is 6.33 Å². The summed E-state index contributed by atoms with van der Waals surface area (Å²) in [4.78, 5) is 18.6. The number of ether oxygens (including phenoxy) is 1. The largest absolute Gasteiger partial charge is 0.460 e. The van der Waals surface area contributed by atoms with Crippen LogP contribution in [-0.2, 0) is 16.1 Å². The van der Waals surface area contributed by atoms with Gasteiger partial charge in [-0.2, -0.15) is 10.1 Å². The quantitative estimate of drug-likeness (QED) is 0.791. The number of nitrogens with zero attached hydrogens (tertiary/aromatic N) is 4. The second-order valence-corrected chi connectivity index (χ2v) is 6.19. The Hall–Kier alpha value is -1.59. The van der Waals surface area contributed by atoms with Crippen LogP contribution in [0.25, 0.3) is 0 Å². The van der Waals surface area contributed by atoms with Gasteiger partial charge in [-0.15, -0.1) is 0 Å². The molecule has 0 amide bonds. The van der Waals surface area contributed by atoms with Crippen molar-refractivity contribution in [2.75, 3.05) is 18.0 Å². The van der Waals surface area contributed by atoms with Gasteiger partial charge in [0.25, 0.3) is 0 Å². The third-order valence-corrected chi connectivity index (χ3v) is 3.34. The van der Waals surface area contributed by atoms with Crippen LogP contribution in [0, 0.1) is 5.92 Å². The molecule has 0 N–H and O–H groups in total. The van der Waals surface area contributed by atoms with Gasteiger partial charge < -0.3 is 9.64 Å². The highest BCUT2D eigenvalue weighted by molar-refractivity contribution is 5.74. The summed E-state index contributed by atoms with van der Waals surface area (Å²) < 4.78 is 7.35. The lowest BCUT2D eigenvalue weighted by Gasteiger charge is -2.33. The Bertz CT molecular complexity index is 464. The maximum atomic E-state index is 12.2. The van der Waals surface area contributed by atoms with Crippen LogP contribution in [0.3, 0.4) is 0 Å². The normalized spacial score (nSPS) is 20.0. The molecule has 0 aliphatic carbocycles. The van der Waals surface area contributed by atoms with Gasteiger partial charge in [0, 0.05) is 19.6 Å². The first kappa shape index (κ1) is 14.8. The van der Waals surface area contributed by atoms with E-state index in [9.17, 15) is 4.79 Å². The van der Waals surface area contributed by atoms with Crippen molar-refractivity contribution in [2.24, 2.45) is 5.92 Å². The Morgan fingerprint density at radius 3 is 2.90 bits per heavy atom. The van der Waals surface area contributed by atoms with Crippen LogP contribution >= 0.6 is 0 Å². The SMILES string of the molecule is CCn1ncnc1N1CCCC(C(=O)OC(C)(C)C)C1. The summed E-state index contributed by atoms with van der Waals surface area (Å²) in [5.41, 5.74) is -0.428. The molecule has 0 aromatic carbocycles. The summed E-state index contributed by atoms with van der Waals surface area (Å²) in [6, 6.07) is 0. The van der Waals surface area contributed by atoms with Crippen LogP contribution in [-0.4, -0.2) is 39.4 Å². The van der Waals surface area contributed by atoms with Gasteiger partial charge in [-0.05, 0) is 40.5 Å². The van der Waals surface area contributed by atoms with Crippen molar-refractivity contribution in [1.29, 1.82) is 0 Å². The maximum absolute atomic E-state index is 12.2. The number of piperidine rings is 1. The molecule has 1 aromatic rings. The Balaban J connectivity index is 2.03. The van der Waals surface area contributed by atoms with E-state index in [4.69, 9.17) is 4.74 Å². The second kappa shape index (κ2) is 5.81. The molecular formula is C14H24N4O2. The number of esters is 1. The minimum Gasteiger partial charge on any atom is -0.460 e. The van der Waals surface area contributed by atoms with E-state index >= 15 is 0 Å². The van der Waals surface area contributed by atoms with Crippen LogP contribution in [0.1, 0.15) is 40.5 Å². The van der Waals surface area contributed by atoms with Gasteiger partial charge in [0.05, 0.1) is 5.92 Å². The first-order valence-electron chi connectivity index (χ1n) is 7.26. The zero-order valence-corrected chi connectivity index (χ0v) is 12.8. The summed E-state index contributed by atoms with van der Waals surface area (Å²) >= 11 is 0. The molecule has 1 aliphatic heterocycles. The lowest BCUT2D eigenvalue weighted by Crippen LogP contribution is -2.42. The molecular weight excluding hydrogens is 256 g/mol. The van der Waals surface area contributed by atoms with E-state index in [0.717, 1.165) is 31.9 Å². The van der Waals surface area contributed by atoms with Crippen molar-refractivity contribution < 1.29 is 9.53 Å². The van der Waals surface area contributed by atoms with E-state index in [0.29, 0.717) is 6.54 Å². The monoisotopic (exact) mass is 280 g/mol. The van der Waals surface area contributed by atoms with Gasteiger partial charge in [0.2, 0.25) is 5.95 Å². The summed E-state index contributed by atoms with van der Waals surface area (Å²) in [6.07, 6.45) is 3.42. The van der Waals surface area contributed by atoms with E-state index in [2.05, 4.69) is 15.0 Å². The molecule has 2 heterocycles. The fourth-order valence-corrected chi connectivity index (χ4v) is 2.46. The van der Waals surface area contributed by atoms with E-state index in [-0.39, 0.29) is 11.9 Å². The average molecular weight is 280 g/mol. The summed E-state index contributed by atoms with van der Waals surface area (Å²) in [5, 5.41) is 4.19. The number of aryl methyl sites for hydroxylation is 1. The molecule has 1 unspecified atom stereocenters. The van der Waals surface area contributed by atoms with Gasteiger partial charge in [0.1, 0.15) is 11.9 Å². The van der Waals surface area contributed by atoms with Crippen LogP contribution in [0.15, 0.2) is 6.33 Å². The van der Waals surface area contributed by atoms with E-state index < -0.39 is 5.60 Å². The molecule has 0 radical (unpaired) electrons. The fourth-order valence-electron chi connectivity index (χ4n) is 2.46. The van der Waals surface area contributed by atoms with E-state index in [1.54, 1.807) is 6.33 Å². The predicted octanol–water partition coefficient (Wildman–Crippen LogP) is 1.86. The Morgan fingerprint density at radius 1 is 1.50 bits per heavy atom. The standard InChI is InChI=1S/C14H24N4O2/c1-5-18-13(15-10-16-18)17-8-6-7-11(9-17)12(19)20-14(2,3)4/h10-11H,5-9H2,1-4H3. The number of rotatable bonds is 3. The van der Waals surface area contributed by atoms with Crippen molar-refractivity contribution in [1.82, 2.24) is 14.8 Å². The smallest absolute Gasteiger partial charge is 0.311 e. The Kier molecular flexibility index (Phi) is 4.30. The van der Waals surface area contributed by atoms with Gasteiger partial charge in [0.15, 0.2) is 0 Å². The molecule has 112 valence electrons. The van der Waals surface area contributed by atoms with Gasteiger partial charge in [-0.3, -0.25) is 4.79 Å². The van der Waals surface area contributed by atoms with Crippen molar-refractivity contribution in [3.8, 4) is 0 Å². The van der Waals surface area contributed by atoms with E-state index in [1.165, 1.54) is 0 Å². The molecule has 0 saturated carbocycles. The minimum absolute atomic E-state index is 0.0787. The molecule has 6 nitrogen and oxygen atoms in total. The lowest BCUT2D eigenvalue weighted by atomic mass is 9.98. The molecule has 1 aliphatic rings. The second-order valence-electron chi connectivity index (χ2n) is 6.19. The first-order chi connectivity index (χ1) is 9.40. The summed E-state index contributed by atoms with van der Waals surface area (Å²) in [5.74, 6) is 0.663. The molecule has 1 saturated heterocycles. The number of hydrogen-bond donors (Lipinski definition) is 0. The molecule has 1 fully saturated rings. The number of anilines is 1. The molecule has 1 aromatic heterocycles. The van der Waals surface area contributed by atoms with Crippen molar-refractivity contribution >= 4 is 11.9 Å². The first-order valence-corrected chi connectivity index (χ1v) is 7.26. The zero-order chi connectivity index (χ0) is 14.8. The fraction of sp³-hybridized carbons (Fsp3) is 0.786. The molecule has 1 atom stereocenters. The molecule has 0 spiro atoms. The third kappa shape index (κ3) is 3.49. The van der Waals surface area contributed by atoms with Gasteiger partial charge >= 0.3 is 5.97 Å². The summed E-state index contributed by atoms with van der Waals surface area (Å²) in [7, 11) is 0.